The van der Waals surface area contributed by atoms with Crippen LogP contribution in [-0.2, 0) is 0 Å². The molecule has 6 nitrogen and oxygen atoms in total. The zero-order valence-corrected chi connectivity index (χ0v) is 9.91. The molecule has 0 amide bonds. The van der Waals surface area contributed by atoms with E-state index in [1.807, 2.05) is 0 Å². The molecule has 96 valence electrons. The van der Waals surface area contributed by atoms with E-state index in [1.54, 1.807) is 6.07 Å². The van der Waals surface area contributed by atoms with Crippen molar-refractivity contribution in [3.8, 4) is 5.75 Å². The Hall–Kier alpha value is -1.69. The molecular weight excluding hydrogens is 234 g/mol. The number of nitrogens with one attached hydrogen (secondary N) is 1. The van der Waals surface area contributed by atoms with Crippen LogP contribution in [0.15, 0.2) is 18.5 Å². The number of fused-ring (bicyclic) bond motifs is 2. The molecule has 2 aliphatic rings. The fourth-order valence-electron chi connectivity index (χ4n) is 2.89. The second-order valence-corrected chi connectivity index (χ2v) is 4.95. The van der Waals surface area contributed by atoms with E-state index in [2.05, 4.69) is 10.3 Å². The Balaban J connectivity index is 1.75. The average molecular weight is 249 g/mol. The second-order valence-electron chi connectivity index (χ2n) is 4.95. The van der Waals surface area contributed by atoms with Gasteiger partial charge in [0.1, 0.15) is 12.3 Å². The van der Waals surface area contributed by atoms with Crippen molar-refractivity contribution in [2.75, 3.05) is 0 Å². The topological polar surface area (TPSA) is 77.3 Å². The molecule has 0 saturated carbocycles. The summed E-state index contributed by atoms with van der Waals surface area (Å²) in [5.41, 5.74) is -0.0524. The quantitative estimate of drug-likeness (QED) is 0.651. The number of hydrogen-bond acceptors (Lipinski definition) is 5. The van der Waals surface area contributed by atoms with Crippen LogP contribution in [0, 0.1) is 10.1 Å². The number of ether oxygens (including phenoxy) is 1. The lowest BCUT2D eigenvalue weighted by Gasteiger charge is -2.29. The first-order chi connectivity index (χ1) is 8.72. The first-order valence-corrected chi connectivity index (χ1v) is 6.23. The van der Waals surface area contributed by atoms with Gasteiger partial charge >= 0.3 is 5.69 Å². The van der Waals surface area contributed by atoms with Crippen LogP contribution in [0.2, 0.25) is 0 Å². The molecule has 2 aliphatic heterocycles. The highest BCUT2D eigenvalue weighted by atomic mass is 16.6. The van der Waals surface area contributed by atoms with Gasteiger partial charge in [0.2, 0.25) is 5.75 Å². The lowest BCUT2D eigenvalue weighted by molar-refractivity contribution is -0.386. The zero-order valence-electron chi connectivity index (χ0n) is 9.91. The van der Waals surface area contributed by atoms with E-state index in [-0.39, 0.29) is 11.8 Å². The summed E-state index contributed by atoms with van der Waals surface area (Å²) in [5.74, 6) is 0.335. The summed E-state index contributed by atoms with van der Waals surface area (Å²) in [4.78, 5) is 14.2. The Morgan fingerprint density at radius 2 is 2.11 bits per heavy atom. The Morgan fingerprint density at radius 1 is 1.39 bits per heavy atom. The average Bonchev–Trinajstić information content (AvgIpc) is 2.69. The zero-order chi connectivity index (χ0) is 12.5. The number of rotatable bonds is 3. The molecule has 18 heavy (non-hydrogen) atoms. The van der Waals surface area contributed by atoms with E-state index in [9.17, 15) is 10.1 Å². The van der Waals surface area contributed by atoms with Gasteiger partial charge in [-0.2, -0.15) is 0 Å². The molecule has 6 heteroatoms. The third kappa shape index (κ3) is 2.15. The molecular formula is C12H15N3O3. The molecule has 1 N–H and O–H groups in total. The minimum Gasteiger partial charge on any atom is -0.483 e. The number of nitrogens with zero attached hydrogens (tertiary/aromatic N) is 2. The van der Waals surface area contributed by atoms with Crippen LogP contribution in [0.1, 0.15) is 25.7 Å². The van der Waals surface area contributed by atoms with Gasteiger partial charge in [0.15, 0.2) is 0 Å². The summed E-state index contributed by atoms with van der Waals surface area (Å²) in [6, 6.07) is 2.59. The molecule has 2 fully saturated rings. The Morgan fingerprint density at radius 3 is 2.78 bits per heavy atom. The van der Waals surface area contributed by atoms with Crippen molar-refractivity contribution < 1.29 is 9.66 Å². The summed E-state index contributed by atoms with van der Waals surface area (Å²) in [6.07, 6.45) is 7.06. The van der Waals surface area contributed by atoms with E-state index in [1.165, 1.54) is 25.2 Å². The molecule has 1 aromatic heterocycles. The molecule has 0 radical (unpaired) electrons. The lowest BCUT2D eigenvalue weighted by atomic mass is 10.0. The van der Waals surface area contributed by atoms with Crippen molar-refractivity contribution in [3.63, 3.8) is 0 Å². The van der Waals surface area contributed by atoms with E-state index in [4.69, 9.17) is 4.74 Å². The van der Waals surface area contributed by atoms with Gasteiger partial charge in [-0.3, -0.25) is 15.1 Å². The smallest absolute Gasteiger partial charge is 0.329 e. The third-order valence-electron chi connectivity index (χ3n) is 3.68. The van der Waals surface area contributed by atoms with Crippen LogP contribution < -0.4 is 10.1 Å². The molecule has 2 unspecified atom stereocenters. The lowest BCUT2D eigenvalue weighted by Crippen LogP contribution is -2.42. The van der Waals surface area contributed by atoms with Gasteiger partial charge in [0.25, 0.3) is 0 Å². The van der Waals surface area contributed by atoms with Crippen LogP contribution in [0.4, 0.5) is 5.69 Å². The van der Waals surface area contributed by atoms with Crippen molar-refractivity contribution in [1.82, 2.24) is 10.3 Å². The highest BCUT2D eigenvalue weighted by molar-refractivity contribution is 5.43. The van der Waals surface area contributed by atoms with Crippen molar-refractivity contribution in [3.05, 3.63) is 28.6 Å². The largest absolute Gasteiger partial charge is 0.483 e. The maximum Gasteiger partial charge on any atom is 0.329 e. The Bertz CT molecular complexity index is 454. The van der Waals surface area contributed by atoms with Gasteiger partial charge in [-0.25, -0.2) is 0 Å². The van der Waals surface area contributed by atoms with Crippen LogP contribution in [0.3, 0.4) is 0 Å². The minimum absolute atomic E-state index is 0.0524. The molecule has 1 aromatic rings. The molecule has 0 aromatic carbocycles. The number of hydrogen-bond donors (Lipinski definition) is 1. The Labute approximate surface area is 105 Å². The molecule has 2 saturated heterocycles. The van der Waals surface area contributed by atoms with E-state index < -0.39 is 4.92 Å². The van der Waals surface area contributed by atoms with Gasteiger partial charge < -0.3 is 10.1 Å². The van der Waals surface area contributed by atoms with E-state index in [0.717, 1.165) is 12.8 Å². The summed E-state index contributed by atoms with van der Waals surface area (Å²) in [5, 5.41) is 14.4. The van der Waals surface area contributed by atoms with Crippen LogP contribution in [-0.4, -0.2) is 28.1 Å². The molecule has 3 heterocycles. The van der Waals surface area contributed by atoms with Crippen LogP contribution in [0.25, 0.3) is 0 Å². The maximum atomic E-state index is 10.9. The molecule has 0 spiro atoms. The highest BCUT2D eigenvalue weighted by Crippen LogP contribution is 2.32. The monoisotopic (exact) mass is 249 g/mol. The predicted octanol–water partition coefficient (Wildman–Crippen LogP) is 1.65. The van der Waals surface area contributed by atoms with E-state index in [0.29, 0.717) is 17.8 Å². The number of piperidine rings is 1. The fourth-order valence-corrected chi connectivity index (χ4v) is 2.89. The third-order valence-corrected chi connectivity index (χ3v) is 3.68. The Kier molecular flexibility index (Phi) is 2.87. The van der Waals surface area contributed by atoms with Gasteiger partial charge in [0.05, 0.1) is 4.92 Å². The molecule has 0 aliphatic carbocycles. The van der Waals surface area contributed by atoms with E-state index >= 15 is 0 Å². The van der Waals surface area contributed by atoms with Crippen molar-refractivity contribution in [2.24, 2.45) is 0 Å². The van der Waals surface area contributed by atoms with Gasteiger partial charge in [-0.15, -0.1) is 0 Å². The predicted molar refractivity (Wildman–Crippen MR) is 64.5 cm³/mol. The molecule has 2 atom stereocenters. The summed E-state index contributed by atoms with van der Waals surface area (Å²) in [6.45, 7) is 0. The van der Waals surface area contributed by atoms with Gasteiger partial charge in [-0.05, 0) is 25.7 Å². The van der Waals surface area contributed by atoms with Gasteiger partial charge in [-0.1, -0.05) is 0 Å². The number of pyridine rings is 1. The second kappa shape index (κ2) is 4.53. The number of aromatic nitrogens is 1. The standard InChI is InChI=1S/C12H15N3O3/c16-15(17)11-7-13-4-3-12(11)18-10-5-8-1-2-9(6-10)14-8/h3-4,7-10,14H,1-2,5-6H2. The first kappa shape index (κ1) is 11.4. The number of nitro groups is 1. The fraction of sp³-hybridized carbons (Fsp3) is 0.583. The summed E-state index contributed by atoms with van der Waals surface area (Å²) < 4.78 is 5.81. The first-order valence-electron chi connectivity index (χ1n) is 6.23. The van der Waals surface area contributed by atoms with Crippen molar-refractivity contribution >= 4 is 5.69 Å². The summed E-state index contributed by atoms with van der Waals surface area (Å²) >= 11 is 0. The minimum atomic E-state index is -0.446. The maximum absolute atomic E-state index is 10.9. The van der Waals surface area contributed by atoms with Crippen molar-refractivity contribution in [1.29, 1.82) is 0 Å². The van der Waals surface area contributed by atoms with Crippen molar-refractivity contribution in [2.45, 2.75) is 43.9 Å². The summed E-state index contributed by atoms with van der Waals surface area (Å²) in [7, 11) is 0. The van der Waals surface area contributed by atoms with Gasteiger partial charge in [0, 0.05) is 24.3 Å². The van der Waals surface area contributed by atoms with Crippen LogP contribution in [0.5, 0.6) is 5.75 Å². The molecule has 3 rings (SSSR count). The molecule has 2 bridgehead atoms. The van der Waals surface area contributed by atoms with Crippen LogP contribution >= 0.6 is 0 Å². The normalized spacial score (nSPS) is 30.1. The highest BCUT2D eigenvalue weighted by Gasteiger charge is 2.35. The SMILES string of the molecule is O=[N+]([O-])c1cnccc1OC1CC2CCC(C1)N2.